The number of carbonyl (C=O) groups excluding carboxylic acids is 1. The molecule has 80 heavy (non-hydrogen) atoms. The fourth-order valence-electron chi connectivity index (χ4n) is 11.1. The molecule has 19 heteroatoms. The molecular formula is C61H115NO18. The van der Waals surface area contributed by atoms with Crippen molar-refractivity contribution in [3.05, 3.63) is 12.2 Å². The molecule has 17 unspecified atom stereocenters. The summed E-state index contributed by atoms with van der Waals surface area (Å²) >= 11 is 0. The zero-order valence-electron chi connectivity index (χ0n) is 49.3. The molecule has 3 fully saturated rings. The molecule has 3 aliphatic rings. The maximum Gasteiger partial charge on any atom is 0.220 e. The summed E-state index contributed by atoms with van der Waals surface area (Å²) in [6.07, 6.45) is 18.7. The Morgan fingerprint density at radius 3 is 1.23 bits per heavy atom. The second-order valence-electron chi connectivity index (χ2n) is 23.2. The lowest BCUT2D eigenvalue weighted by molar-refractivity contribution is -0.379. The van der Waals surface area contributed by atoms with Crippen LogP contribution in [0.4, 0.5) is 0 Å². The maximum atomic E-state index is 13.3. The minimum Gasteiger partial charge on any atom is -0.394 e. The standard InChI is InChI=1S/C61H115NO18/c1-3-5-7-9-11-13-15-17-18-19-20-21-22-23-24-25-27-28-30-32-34-36-38-45(66)44(62-49(67)39-37-35-33-31-29-26-16-14-12-10-8-6-4-2)43-75-59-55(73)52(70)57(47(41-64)77-59)80-61-56(74)53(71)58(48(42-65)78-61)79-60-54(72)51(69)50(68)46(40-63)76-60/h14,16,44-48,50-61,63-66,68-74H,3-13,15,17-43H2,1-2H3,(H,62,67)/b16-14-. The van der Waals surface area contributed by atoms with E-state index in [-0.39, 0.29) is 18.9 Å². The van der Waals surface area contributed by atoms with Crippen LogP contribution in [0.5, 0.6) is 0 Å². The molecule has 0 aromatic rings. The monoisotopic (exact) mass is 1150 g/mol. The van der Waals surface area contributed by atoms with Crippen LogP contribution in [0.1, 0.15) is 239 Å². The van der Waals surface area contributed by atoms with Gasteiger partial charge in [-0.3, -0.25) is 4.79 Å². The van der Waals surface area contributed by atoms with E-state index in [0.717, 1.165) is 64.2 Å². The van der Waals surface area contributed by atoms with Crippen molar-refractivity contribution in [3.8, 4) is 0 Å². The van der Waals surface area contributed by atoms with Crippen LogP contribution in [-0.2, 0) is 33.2 Å². The zero-order valence-corrected chi connectivity index (χ0v) is 49.3. The van der Waals surface area contributed by atoms with Crippen LogP contribution in [-0.4, -0.2) is 193 Å². The van der Waals surface area contributed by atoms with Crippen molar-refractivity contribution in [2.75, 3.05) is 26.4 Å². The number of rotatable bonds is 48. The van der Waals surface area contributed by atoms with Crippen LogP contribution in [0.15, 0.2) is 12.2 Å². The van der Waals surface area contributed by atoms with Crippen molar-refractivity contribution < 1.29 is 89.4 Å². The molecule has 19 nitrogen and oxygen atoms in total. The molecular weight excluding hydrogens is 1030 g/mol. The molecule has 0 saturated carbocycles. The Balaban J connectivity index is 1.46. The van der Waals surface area contributed by atoms with Gasteiger partial charge in [0.2, 0.25) is 5.91 Å². The third kappa shape index (κ3) is 28.2. The SMILES string of the molecule is CCCCCC/C=C\CCCCCCCC(=O)NC(COC1OC(CO)C(OC2OC(CO)C(OC3OC(CO)C(O)C(O)C3O)C(O)C2O)C(O)C1O)C(O)CCCCCCCCCCCCCCCCCCCCCCCC. The summed E-state index contributed by atoms with van der Waals surface area (Å²) in [5, 5.41) is 120. The minimum absolute atomic E-state index is 0.250. The number of aliphatic hydroxyl groups is 11. The van der Waals surface area contributed by atoms with Gasteiger partial charge in [0.05, 0.1) is 38.6 Å². The molecule has 0 aromatic carbocycles. The Morgan fingerprint density at radius 2 is 0.787 bits per heavy atom. The van der Waals surface area contributed by atoms with Gasteiger partial charge in [-0.15, -0.1) is 0 Å². The lowest BCUT2D eigenvalue weighted by Crippen LogP contribution is -2.66. The van der Waals surface area contributed by atoms with Gasteiger partial charge in [0.15, 0.2) is 18.9 Å². The van der Waals surface area contributed by atoms with Crippen molar-refractivity contribution in [3.63, 3.8) is 0 Å². The van der Waals surface area contributed by atoms with Gasteiger partial charge in [0, 0.05) is 6.42 Å². The van der Waals surface area contributed by atoms with E-state index in [1.54, 1.807) is 0 Å². The van der Waals surface area contributed by atoms with Crippen LogP contribution < -0.4 is 5.32 Å². The van der Waals surface area contributed by atoms with E-state index in [0.29, 0.717) is 12.8 Å². The molecule has 3 rings (SSSR count). The van der Waals surface area contributed by atoms with Crippen LogP contribution in [0, 0.1) is 0 Å². The fraction of sp³-hybridized carbons (Fsp3) is 0.951. The lowest BCUT2D eigenvalue weighted by atomic mass is 9.96. The van der Waals surface area contributed by atoms with Crippen LogP contribution in [0.2, 0.25) is 0 Å². The molecule has 472 valence electrons. The van der Waals surface area contributed by atoms with Gasteiger partial charge in [0.25, 0.3) is 0 Å². The quantitative estimate of drug-likeness (QED) is 0.0227. The molecule has 1 amide bonds. The number of unbranched alkanes of at least 4 members (excludes halogenated alkanes) is 30. The molecule has 0 spiro atoms. The Morgan fingerprint density at radius 1 is 0.438 bits per heavy atom. The van der Waals surface area contributed by atoms with E-state index in [2.05, 4.69) is 31.3 Å². The number of amides is 1. The predicted molar refractivity (Wildman–Crippen MR) is 305 cm³/mol. The van der Waals surface area contributed by atoms with E-state index in [4.69, 9.17) is 28.4 Å². The first-order valence-corrected chi connectivity index (χ1v) is 31.9. The summed E-state index contributed by atoms with van der Waals surface area (Å²) in [5.41, 5.74) is 0. The summed E-state index contributed by atoms with van der Waals surface area (Å²) in [7, 11) is 0. The Hall–Kier alpha value is -1.47. The molecule has 0 bridgehead atoms. The molecule has 3 heterocycles. The average Bonchev–Trinajstić information content (AvgIpc) is 3.46. The van der Waals surface area contributed by atoms with Crippen LogP contribution in [0.3, 0.4) is 0 Å². The number of hydrogen-bond donors (Lipinski definition) is 12. The fourth-order valence-corrected chi connectivity index (χ4v) is 11.1. The first kappa shape index (κ1) is 72.8. The highest BCUT2D eigenvalue weighted by molar-refractivity contribution is 5.76. The predicted octanol–water partition coefficient (Wildman–Crippen LogP) is 6.55. The minimum atomic E-state index is -1.97. The second-order valence-corrected chi connectivity index (χ2v) is 23.2. The van der Waals surface area contributed by atoms with E-state index >= 15 is 0 Å². The summed E-state index contributed by atoms with van der Waals surface area (Å²) in [6.45, 7) is 1.78. The summed E-state index contributed by atoms with van der Waals surface area (Å²) in [5.74, 6) is -0.250. The van der Waals surface area contributed by atoms with Gasteiger partial charge in [-0.05, 0) is 38.5 Å². The third-order valence-corrected chi connectivity index (χ3v) is 16.3. The molecule has 0 aliphatic carbocycles. The summed E-state index contributed by atoms with van der Waals surface area (Å²) in [4.78, 5) is 13.3. The van der Waals surface area contributed by atoms with E-state index < -0.39 is 124 Å². The smallest absolute Gasteiger partial charge is 0.220 e. The van der Waals surface area contributed by atoms with E-state index in [9.17, 15) is 61.0 Å². The number of hydrogen-bond acceptors (Lipinski definition) is 18. The molecule has 17 atom stereocenters. The number of carbonyl (C=O) groups is 1. The van der Waals surface area contributed by atoms with Crippen molar-refractivity contribution in [2.24, 2.45) is 0 Å². The Kier molecular flexibility index (Phi) is 40.9. The Bertz CT molecular complexity index is 1510. The number of ether oxygens (including phenoxy) is 6. The topological polar surface area (TPSA) is 307 Å². The molecule has 0 radical (unpaired) electrons. The number of allylic oxidation sites excluding steroid dienone is 2. The number of aliphatic hydroxyl groups excluding tert-OH is 11. The van der Waals surface area contributed by atoms with Crippen molar-refractivity contribution in [1.82, 2.24) is 5.32 Å². The number of nitrogens with one attached hydrogen (secondary N) is 1. The largest absolute Gasteiger partial charge is 0.394 e. The van der Waals surface area contributed by atoms with Crippen LogP contribution in [0.25, 0.3) is 0 Å². The highest BCUT2D eigenvalue weighted by Crippen LogP contribution is 2.33. The Labute approximate surface area is 480 Å². The maximum absolute atomic E-state index is 13.3. The van der Waals surface area contributed by atoms with E-state index in [1.165, 1.54) is 141 Å². The van der Waals surface area contributed by atoms with Crippen molar-refractivity contribution in [1.29, 1.82) is 0 Å². The van der Waals surface area contributed by atoms with Gasteiger partial charge in [-0.2, -0.15) is 0 Å². The van der Waals surface area contributed by atoms with Crippen molar-refractivity contribution >= 4 is 5.91 Å². The molecule has 12 N–H and O–H groups in total. The van der Waals surface area contributed by atoms with Gasteiger partial charge in [-0.1, -0.05) is 206 Å². The third-order valence-electron chi connectivity index (χ3n) is 16.3. The molecule has 3 saturated heterocycles. The zero-order chi connectivity index (χ0) is 58.3. The van der Waals surface area contributed by atoms with E-state index in [1.807, 2.05) is 0 Å². The highest BCUT2D eigenvalue weighted by Gasteiger charge is 2.53. The van der Waals surface area contributed by atoms with Gasteiger partial charge in [0.1, 0.15) is 73.2 Å². The summed E-state index contributed by atoms with van der Waals surface area (Å²) < 4.78 is 34.3. The average molecular weight is 1150 g/mol. The first-order chi connectivity index (χ1) is 38.8. The van der Waals surface area contributed by atoms with Crippen LogP contribution >= 0.6 is 0 Å². The highest BCUT2D eigenvalue weighted by atomic mass is 16.8. The van der Waals surface area contributed by atoms with Gasteiger partial charge < -0.3 is 89.9 Å². The summed E-state index contributed by atoms with van der Waals surface area (Å²) in [6, 6.07) is -0.888. The first-order valence-electron chi connectivity index (χ1n) is 31.9. The van der Waals surface area contributed by atoms with Gasteiger partial charge >= 0.3 is 0 Å². The lowest BCUT2D eigenvalue weighted by Gasteiger charge is -2.48. The normalized spacial score (nSPS) is 30.0. The second kappa shape index (κ2) is 44.9. The van der Waals surface area contributed by atoms with Crippen molar-refractivity contribution in [2.45, 2.75) is 343 Å². The molecule has 3 aliphatic heterocycles. The molecule has 0 aromatic heterocycles. The van der Waals surface area contributed by atoms with Gasteiger partial charge in [-0.25, -0.2) is 0 Å².